The molecular formula is C2F3NO3. The van der Waals surface area contributed by atoms with Gasteiger partial charge in [-0.25, -0.2) is 9.74 Å². The van der Waals surface area contributed by atoms with E-state index in [9.17, 15) is 23.1 Å². The number of carbonyl (C=O) groups is 2. The van der Waals surface area contributed by atoms with Gasteiger partial charge in [0.2, 0.25) is 0 Å². The van der Waals surface area contributed by atoms with Crippen molar-refractivity contribution in [2.24, 2.45) is 0 Å². The second-order valence-corrected chi connectivity index (χ2v) is 0.903. The summed E-state index contributed by atoms with van der Waals surface area (Å²) in [5.41, 5.74) is 0. The van der Waals surface area contributed by atoms with Crippen LogP contribution in [0.4, 0.5) is 13.5 Å². The second-order valence-electron chi connectivity index (χ2n) is 0.903. The van der Waals surface area contributed by atoms with E-state index >= 15 is 0 Å². The van der Waals surface area contributed by atoms with Crippen molar-refractivity contribution in [1.29, 1.82) is 0 Å². The highest BCUT2D eigenvalue weighted by Gasteiger charge is 2.24. The van der Waals surface area contributed by atoms with Gasteiger partial charge in [0.25, 0.3) is 0 Å². The zero-order valence-electron chi connectivity index (χ0n) is 3.81. The van der Waals surface area contributed by atoms with E-state index in [1.54, 1.807) is 0 Å². The first-order valence-corrected chi connectivity index (χ1v) is 1.58. The van der Waals surface area contributed by atoms with Gasteiger partial charge in [-0.2, -0.15) is 0 Å². The maximum atomic E-state index is 10.9. The smallest absolute Gasteiger partial charge is 0.256 e. The van der Waals surface area contributed by atoms with Crippen molar-refractivity contribution < 1.29 is 28.0 Å². The molecule has 0 spiro atoms. The number of amides is 1. The van der Waals surface area contributed by atoms with Gasteiger partial charge < -0.3 is 0 Å². The molecular weight excluding hydrogens is 143 g/mol. The van der Waals surface area contributed by atoms with Crippen LogP contribution >= 0.6 is 0 Å². The zero-order valence-corrected chi connectivity index (χ0v) is 3.81. The van der Waals surface area contributed by atoms with Gasteiger partial charge in [0.15, 0.2) is 0 Å². The molecule has 9 heavy (non-hydrogen) atoms. The van der Waals surface area contributed by atoms with E-state index in [0.717, 1.165) is 0 Å². The van der Waals surface area contributed by atoms with E-state index in [0.29, 0.717) is 0 Å². The van der Waals surface area contributed by atoms with Crippen LogP contribution in [0, 0.1) is 0 Å². The predicted octanol–water partition coefficient (Wildman–Crippen LogP) is 0.0117. The fourth-order valence-corrected chi connectivity index (χ4v) is 0.102. The Bertz CT molecular complexity index is 135. The van der Waals surface area contributed by atoms with Crippen molar-refractivity contribution >= 4 is 11.9 Å². The molecule has 0 N–H and O–H groups in total. The Balaban J connectivity index is 3.89. The molecule has 1 amide bonds. The lowest BCUT2D eigenvalue weighted by Crippen LogP contribution is -2.24. The van der Waals surface area contributed by atoms with Crippen LogP contribution in [-0.4, -0.2) is 17.2 Å². The molecule has 0 aromatic heterocycles. The Morgan fingerprint density at radius 2 is 1.78 bits per heavy atom. The summed E-state index contributed by atoms with van der Waals surface area (Å²) >= 11 is 0. The van der Waals surface area contributed by atoms with Gasteiger partial charge in [-0.15, -0.1) is 0 Å². The molecule has 0 fully saturated rings. The average molecular weight is 143 g/mol. The molecule has 0 radical (unpaired) electrons. The van der Waals surface area contributed by atoms with Crippen molar-refractivity contribution in [2.75, 3.05) is 0 Å². The third kappa shape index (κ3) is 1.98. The monoisotopic (exact) mass is 143 g/mol. The summed E-state index contributed by atoms with van der Waals surface area (Å²) in [5, 5.41) is -2.08. The Hall–Kier alpha value is -1.27. The van der Waals surface area contributed by atoms with Gasteiger partial charge in [0.05, 0.1) is 0 Å². The third-order valence-corrected chi connectivity index (χ3v) is 0.398. The fourth-order valence-electron chi connectivity index (χ4n) is 0.102. The number of hydrogen-bond acceptors (Lipinski definition) is 3. The van der Waals surface area contributed by atoms with E-state index in [4.69, 9.17) is 0 Å². The second kappa shape index (κ2) is 2.90. The van der Waals surface area contributed by atoms with E-state index in [2.05, 4.69) is 4.94 Å². The molecule has 0 unspecified atom stereocenters. The van der Waals surface area contributed by atoms with Crippen molar-refractivity contribution in [3.05, 3.63) is 0 Å². The Morgan fingerprint density at radius 1 is 1.33 bits per heavy atom. The molecule has 0 saturated carbocycles. The lowest BCUT2D eigenvalue weighted by Gasteiger charge is -1.92. The van der Waals surface area contributed by atoms with Gasteiger partial charge >= 0.3 is 11.9 Å². The van der Waals surface area contributed by atoms with Crippen molar-refractivity contribution in [1.82, 2.24) is 5.34 Å². The van der Waals surface area contributed by atoms with Crippen molar-refractivity contribution in [3.63, 3.8) is 0 Å². The van der Waals surface area contributed by atoms with Crippen molar-refractivity contribution in [3.8, 4) is 0 Å². The van der Waals surface area contributed by atoms with Crippen LogP contribution < -0.4 is 0 Å². The minimum atomic E-state index is -2.35. The largest absolute Gasteiger partial charge is 0.441 e. The summed E-state index contributed by atoms with van der Waals surface area (Å²) in [7, 11) is 0. The van der Waals surface area contributed by atoms with E-state index in [1.165, 1.54) is 0 Å². The topological polar surface area (TPSA) is 46.6 Å². The van der Waals surface area contributed by atoms with Gasteiger partial charge in [-0.3, -0.25) is 4.79 Å². The van der Waals surface area contributed by atoms with E-state index in [-0.39, 0.29) is 0 Å². The quantitative estimate of drug-likeness (QED) is 0.354. The van der Waals surface area contributed by atoms with Crippen molar-refractivity contribution in [2.45, 2.75) is 0 Å². The summed E-state index contributed by atoms with van der Waals surface area (Å²) in [5.74, 6) is -4.60. The lowest BCUT2D eigenvalue weighted by atomic mass is 10.7. The average Bonchev–Trinajstić information content (AvgIpc) is 1.84. The molecule has 4 nitrogen and oxygen atoms in total. The maximum Gasteiger partial charge on any atom is 0.441 e. The molecule has 0 aliphatic rings. The number of carbonyl (C=O) groups excluding carboxylic acids is 2. The van der Waals surface area contributed by atoms with Gasteiger partial charge in [0, 0.05) is 9.87 Å². The zero-order chi connectivity index (χ0) is 7.44. The van der Waals surface area contributed by atoms with Crippen LogP contribution in [0.3, 0.4) is 0 Å². The van der Waals surface area contributed by atoms with Gasteiger partial charge in [0.1, 0.15) is 0 Å². The van der Waals surface area contributed by atoms with E-state index < -0.39 is 17.2 Å². The Kier molecular flexibility index (Phi) is 2.49. The van der Waals surface area contributed by atoms with Gasteiger partial charge in [-0.1, -0.05) is 8.96 Å². The normalized spacial score (nSPS) is 8.33. The standard InChI is InChI=1S/C2F3NO3/c3-6(4)1(7)2(8)9-5. The molecule has 0 atom stereocenters. The van der Waals surface area contributed by atoms with E-state index in [1.807, 2.05) is 0 Å². The molecule has 7 heteroatoms. The van der Waals surface area contributed by atoms with Crippen LogP contribution in [0.5, 0.6) is 0 Å². The van der Waals surface area contributed by atoms with Crippen LogP contribution in [0.2, 0.25) is 0 Å². The van der Waals surface area contributed by atoms with Crippen LogP contribution in [0.15, 0.2) is 0 Å². The highest BCUT2D eigenvalue weighted by Crippen LogP contribution is 1.92. The SMILES string of the molecule is O=C(OF)C(=O)N(F)F. The van der Waals surface area contributed by atoms with Crippen LogP contribution in [0.25, 0.3) is 0 Å². The van der Waals surface area contributed by atoms with Crippen LogP contribution in [0.1, 0.15) is 0 Å². The van der Waals surface area contributed by atoms with Gasteiger partial charge in [-0.05, 0) is 0 Å². The molecule has 0 aromatic carbocycles. The first kappa shape index (κ1) is 7.73. The number of rotatable bonds is 0. The Labute approximate surface area is 46.6 Å². The number of halogens is 3. The predicted molar refractivity (Wildman–Crippen MR) is 16.3 cm³/mol. The molecule has 0 aliphatic heterocycles. The fraction of sp³-hybridized carbons (Fsp3) is 0. The maximum absolute atomic E-state index is 10.9. The summed E-state index contributed by atoms with van der Waals surface area (Å²) < 4.78 is 32.3. The molecule has 0 saturated heterocycles. The molecule has 0 rings (SSSR count). The minimum absolute atomic E-state index is 2.08. The molecule has 52 valence electrons. The number of nitrogens with zero attached hydrogens (tertiary/aromatic N) is 1. The van der Waals surface area contributed by atoms with Crippen LogP contribution in [-0.2, 0) is 14.5 Å². The third-order valence-electron chi connectivity index (χ3n) is 0.398. The first-order valence-electron chi connectivity index (χ1n) is 1.58. The Morgan fingerprint density at radius 3 is 1.89 bits per heavy atom. The summed E-state index contributed by atoms with van der Waals surface area (Å²) in [6, 6.07) is 0. The molecule has 0 heterocycles. The molecule has 0 aliphatic carbocycles. The number of hydrogen-bond donors (Lipinski definition) is 0. The molecule has 0 bridgehead atoms. The highest BCUT2D eigenvalue weighted by atomic mass is 19.4. The first-order chi connectivity index (χ1) is 4.09. The summed E-state index contributed by atoms with van der Waals surface area (Å²) in [6.45, 7) is 0. The summed E-state index contributed by atoms with van der Waals surface area (Å²) in [4.78, 5) is 21.2. The summed E-state index contributed by atoms with van der Waals surface area (Å²) in [6.07, 6.45) is 0. The minimum Gasteiger partial charge on any atom is -0.256 e. The highest BCUT2D eigenvalue weighted by molar-refractivity contribution is 6.31. The lowest BCUT2D eigenvalue weighted by molar-refractivity contribution is -0.212. The molecule has 0 aromatic rings.